The van der Waals surface area contributed by atoms with Crippen LogP contribution in [0.4, 0.5) is 0 Å². The van der Waals surface area contributed by atoms with E-state index >= 15 is 0 Å². The summed E-state index contributed by atoms with van der Waals surface area (Å²) in [4.78, 5) is 49.2. The molecule has 2 aromatic heterocycles. The van der Waals surface area contributed by atoms with Gasteiger partial charge in [0.1, 0.15) is 11.9 Å². The maximum Gasteiger partial charge on any atom is 0.332 e. The Morgan fingerprint density at radius 3 is 2.43 bits per heavy atom. The summed E-state index contributed by atoms with van der Waals surface area (Å²) in [5.74, 6) is 0.0244. The van der Waals surface area contributed by atoms with E-state index in [1.807, 2.05) is 55.6 Å². The van der Waals surface area contributed by atoms with Crippen LogP contribution in [0.15, 0.2) is 76.4 Å². The molecule has 1 N–H and O–H groups in total. The fourth-order valence-corrected chi connectivity index (χ4v) is 3.90. The molecule has 0 saturated heterocycles. The zero-order valence-corrected chi connectivity index (χ0v) is 19.8. The van der Waals surface area contributed by atoms with Gasteiger partial charge >= 0.3 is 5.69 Å². The normalized spacial score (nSPS) is 11.2. The summed E-state index contributed by atoms with van der Waals surface area (Å²) in [5, 5.41) is 2.98. The van der Waals surface area contributed by atoms with Crippen LogP contribution in [0.1, 0.15) is 12.0 Å². The highest BCUT2D eigenvalue weighted by molar-refractivity contribution is 5.78. The van der Waals surface area contributed by atoms with Crippen molar-refractivity contribution in [3.8, 4) is 11.4 Å². The Morgan fingerprint density at radius 1 is 1.03 bits per heavy atom. The lowest BCUT2D eigenvalue weighted by Gasteiger charge is -2.17. The minimum atomic E-state index is -0.599. The third-order valence-electron chi connectivity index (χ3n) is 5.75. The highest BCUT2D eigenvalue weighted by atomic mass is 16.2. The van der Waals surface area contributed by atoms with Crippen molar-refractivity contribution in [1.82, 2.24) is 29.3 Å². The van der Waals surface area contributed by atoms with Crippen LogP contribution < -0.4 is 16.6 Å². The Kier molecular flexibility index (Phi) is 7.47. The molecule has 9 nitrogen and oxygen atoms in total. The number of carbonyl (C=O) groups excluding carboxylic acids is 1. The second-order valence-corrected chi connectivity index (χ2v) is 8.46. The van der Waals surface area contributed by atoms with Crippen LogP contribution in [0, 0.1) is 0 Å². The summed E-state index contributed by atoms with van der Waals surface area (Å²) < 4.78 is 2.20. The van der Waals surface area contributed by atoms with Gasteiger partial charge in [-0.15, -0.1) is 0 Å². The highest BCUT2D eigenvalue weighted by Crippen LogP contribution is 2.15. The minimum Gasteiger partial charge on any atom is -0.354 e. The molecule has 0 atom stereocenters. The summed E-state index contributed by atoms with van der Waals surface area (Å²) in [5.41, 5.74) is 1.05. The maximum atomic E-state index is 13.0. The zero-order chi connectivity index (χ0) is 24.8. The van der Waals surface area contributed by atoms with Gasteiger partial charge in [-0.25, -0.2) is 14.8 Å². The number of nitrogens with zero attached hydrogens (tertiary/aromatic N) is 5. The van der Waals surface area contributed by atoms with E-state index in [4.69, 9.17) is 0 Å². The average Bonchev–Trinajstić information content (AvgIpc) is 2.88. The Bertz CT molecular complexity index is 1430. The monoisotopic (exact) mass is 472 g/mol. The van der Waals surface area contributed by atoms with Crippen LogP contribution in [-0.4, -0.2) is 50.0 Å². The van der Waals surface area contributed by atoms with E-state index < -0.39 is 17.2 Å². The summed E-state index contributed by atoms with van der Waals surface area (Å²) in [6.45, 7) is 1.71. The van der Waals surface area contributed by atoms with Crippen molar-refractivity contribution in [2.75, 3.05) is 20.1 Å². The largest absolute Gasteiger partial charge is 0.354 e. The molecular weight excluding hydrogens is 444 g/mol. The zero-order valence-electron chi connectivity index (χ0n) is 19.8. The molecule has 0 aliphatic rings. The van der Waals surface area contributed by atoms with Crippen molar-refractivity contribution >= 4 is 16.9 Å². The maximum absolute atomic E-state index is 13.0. The Hall–Kier alpha value is -4.11. The third-order valence-corrected chi connectivity index (χ3v) is 5.75. The number of carbonyl (C=O) groups is 1. The van der Waals surface area contributed by atoms with Gasteiger partial charge in [-0.3, -0.25) is 18.7 Å². The molecule has 0 spiro atoms. The fraction of sp³-hybridized carbons (Fsp3) is 0.269. The van der Waals surface area contributed by atoms with Gasteiger partial charge in [0.2, 0.25) is 5.91 Å². The van der Waals surface area contributed by atoms with Gasteiger partial charge in [0, 0.05) is 31.9 Å². The number of fused-ring (bicyclic) bond motifs is 1. The summed E-state index contributed by atoms with van der Waals surface area (Å²) in [7, 11) is 3.56. The van der Waals surface area contributed by atoms with E-state index in [1.165, 1.54) is 23.4 Å². The van der Waals surface area contributed by atoms with E-state index in [2.05, 4.69) is 32.3 Å². The number of amides is 1. The molecule has 0 aliphatic carbocycles. The number of hydrogen-bond acceptors (Lipinski definition) is 6. The summed E-state index contributed by atoms with van der Waals surface area (Å²) >= 11 is 0. The molecule has 0 fully saturated rings. The number of benzene rings is 2. The molecule has 1 amide bonds. The van der Waals surface area contributed by atoms with Crippen molar-refractivity contribution in [2.45, 2.75) is 19.5 Å². The number of aryl methyl sites for hydroxylation is 1. The number of aromatic nitrogens is 4. The van der Waals surface area contributed by atoms with E-state index in [0.29, 0.717) is 12.4 Å². The van der Waals surface area contributed by atoms with E-state index in [0.717, 1.165) is 29.6 Å². The van der Waals surface area contributed by atoms with Gasteiger partial charge < -0.3 is 10.2 Å². The first-order valence-electron chi connectivity index (χ1n) is 11.4. The average molecular weight is 473 g/mol. The van der Waals surface area contributed by atoms with Crippen LogP contribution in [0.25, 0.3) is 22.4 Å². The number of nitrogens with one attached hydrogen (secondary N) is 1. The van der Waals surface area contributed by atoms with Crippen LogP contribution in [0.5, 0.6) is 0 Å². The molecule has 9 heteroatoms. The topological polar surface area (TPSA) is 102 Å². The first-order valence-corrected chi connectivity index (χ1v) is 11.4. The standard InChI is InChI=1S/C26H28N6O3/c1-30(17-19-10-5-3-6-11-19)15-9-14-27-22(33)18-32-25(34)21-16-28-23(20-12-7-4-8-13-20)29-24(21)31(2)26(32)35/h3-8,10-13,16H,9,14-15,17-18H2,1-2H3,(H,27,33). The molecule has 0 radical (unpaired) electrons. The van der Waals surface area contributed by atoms with E-state index in [9.17, 15) is 14.4 Å². The van der Waals surface area contributed by atoms with E-state index in [-0.39, 0.29) is 17.6 Å². The smallest absolute Gasteiger partial charge is 0.332 e. The van der Waals surface area contributed by atoms with Gasteiger partial charge in [0.05, 0.1) is 0 Å². The Balaban J connectivity index is 1.40. The molecule has 180 valence electrons. The van der Waals surface area contributed by atoms with Gasteiger partial charge in [0.25, 0.3) is 5.56 Å². The number of rotatable bonds is 9. The van der Waals surface area contributed by atoms with Crippen LogP contribution in [0.2, 0.25) is 0 Å². The molecule has 4 aromatic rings. The Labute approximate surface area is 202 Å². The number of hydrogen-bond donors (Lipinski definition) is 1. The lowest BCUT2D eigenvalue weighted by molar-refractivity contribution is -0.121. The molecule has 0 bridgehead atoms. The van der Waals surface area contributed by atoms with Gasteiger partial charge in [-0.05, 0) is 25.6 Å². The van der Waals surface area contributed by atoms with Crippen LogP contribution in [0.3, 0.4) is 0 Å². The predicted octanol–water partition coefficient (Wildman–Crippen LogP) is 1.80. The molecule has 0 aliphatic heterocycles. The van der Waals surface area contributed by atoms with Crippen molar-refractivity contribution in [1.29, 1.82) is 0 Å². The van der Waals surface area contributed by atoms with Crippen molar-refractivity contribution in [3.63, 3.8) is 0 Å². The van der Waals surface area contributed by atoms with E-state index in [1.54, 1.807) is 0 Å². The first-order chi connectivity index (χ1) is 16.9. The quantitative estimate of drug-likeness (QED) is 0.373. The molecular formula is C26H28N6O3. The van der Waals surface area contributed by atoms with Crippen molar-refractivity contribution in [2.24, 2.45) is 7.05 Å². The molecule has 0 saturated carbocycles. The van der Waals surface area contributed by atoms with Gasteiger partial charge in [-0.2, -0.15) is 0 Å². The summed E-state index contributed by atoms with van der Waals surface area (Å²) in [6, 6.07) is 19.5. The second kappa shape index (κ2) is 10.9. The molecule has 4 rings (SSSR count). The lowest BCUT2D eigenvalue weighted by Crippen LogP contribution is -2.43. The molecule has 2 aromatic carbocycles. The first kappa shape index (κ1) is 24.0. The summed E-state index contributed by atoms with van der Waals surface area (Å²) in [6.07, 6.45) is 2.15. The molecule has 35 heavy (non-hydrogen) atoms. The highest BCUT2D eigenvalue weighted by Gasteiger charge is 2.16. The van der Waals surface area contributed by atoms with Crippen LogP contribution >= 0.6 is 0 Å². The van der Waals surface area contributed by atoms with Gasteiger partial charge in [-0.1, -0.05) is 60.7 Å². The van der Waals surface area contributed by atoms with Crippen molar-refractivity contribution < 1.29 is 4.79 Å². The molecule has 0 unspecified atom stereocenters. The SMILES string of the molecule is CN(CCCNC(=O)Cn1c(=O)c2cnc(-c3ccccc3)nc2n(C)c1=O)Cc1ccccc1. The Morgan fingerprint density at radius 2 is 1.71 bits per heavy atom. The minimum absolute atomic E-state index is 0.183. The lowest BCUT2D eigenvalue weighted by atomic mass is 10.2. The van der Waals surface area contributed by atoms with Gasteiger partial charge in [0.15, 0.2) is 11.5 Å². The van der Waals surface area contributed by atoms with Crippen molar-refractivity contribution in [3.05, 3.63) is 93.3 Å². The fourth-order valence-electron chi connectivity index (χ4n) is 3.90. The van der Waals surface area contributed by atoms with Crippen LogP contribution in [-0.2, 0) is 24.9 Å². The molecule has 2 heterocycles. The second-order valence-electron chi connectivity index (χ2n) is 8.46. The predicted molar refractivity (Wildman–Crippen MR) is 135 cm³/mol. The third kappa shape index (κ3) is 5.70.